The number of aliphatic hydroxyl groups excluding tert-OH is 2. The van der Waals surface area contributed by atoms with Crippen LogP contribution in [0.2, 0.25) is 0 Å². The number of aliphatic hydroxyl groups is 2. The van der Waals surface area contributed by atoms with Crippen LogP contribution in [0.25, 0.3) is 0 Å². The molecule has 6 heteroatoms. The summed E-state index contributed by atoms with van der Waals surface area (Å²) in [6.45, 7) is 6.13. The van der Waals surface area contributed by atoms with Gasteiger partial charge in [-0.3, -0.25) is 9.59 Å². The number of unbranched alkanes of at least 4 members (excludes halogenated alkanes) is 12. The molecule has 332 valence electrons. The molecule has 0 aromatic rings. The van der Waals surface area contributed by atoms with E-state index in [1.54, 1.807) is 0 Å². The van der Waals surface area contributed by atoms with Gasteiger partial charge in [-0.05, 0) is 64.2 Å². The van der Waals surface area contributed by atoms with Gasteiger partial charge in [-0.2, -0.15) is 0 Å². The Kier molecular flexibility index (Phi) is 42.5. The minimum atomic E-state index is -0.829. The van der Waals surface area contributed by atoms with Gasteiger partial charge in [0.15, 0.2) is 0 Å². The zero-order chi connectivity index (χ0) is 43.1. The van der Waals surface area contributed by atoms with Crippen molar-refractivity contribution < 1.29 is 24.5 Å². The first-order valence-electron chi connectivity index (χ1n) is 23.3. The zero-order valence-corrected chi connectivity index (χ0v) is 37.6. The van der Waals surface area contributed by atoms with Gasteiger partial charge in [-0.1, -0.05) is 213 Å². The van der Waals surface area contributed by atoms with Gasteiger partial charge in [-0.25, -0.2) is 0 Å². The Morgan fingerprint density at radius 2 is 1.02 bits per heavy atom. The van der Waals surface area contributed by atoms with Crippen molar-refractivity contribution in [2.45, 2.75) is 193 Å². The van der Waals surface area contributed by atoms with Gasteiger partial charge in [0.1, 0.15) is 6.10 Å². The average molecular weight is 816 g/mol. The Morgan fingerprint density at radius 3 is 1.56 bits per heavy atom. The van der Waals surface area contributed by atoms with E-state index >= 15 is 0 Å². The Bertz CT molecular complexity index is 1280. The summed E-state index contributed by atoms with van der Waals surface area (Å²) in [6, 6.07) is -0.753. The van der Waals surface area contributed by atoms with Crippen molar-refractivity contribution in [3.8, 4) is 0 Å². The van der Waals surface area contributed by atoms with Gasteiger partial charge >= 0.3 is 5.97 Å². The van der Waals surface area contributed by atoms with Gasteiger partial charge in [0.25, 0.3) is 0 Å². The summed E-state index contributed by atoms with van der Waals surface area (Å²) >= 11 is 0. The number of hydrogen-bond donors (Lipinski definition) is 3. The number of nitrogens with one attached hydrogen (secondary N) is 1. The van der Waals surface area contributed by atoms with E-state index in [-0.39, 0.29) is 24.9 Å². The van der Waals surface area contributed by atoms with Gasteiger partial charge in [0, 0.05) is 12.8 Å². The van der Waals surface area contributed by atoms with Crippen LogP contribution in [0.3, 0.4) is 0 Å². The fourth-order valence-corrected chi connectivity index (χ4v) is 6.18. The van der Waals surface area contributed by atoms with E-state index in [4.69, 9.17) is 4.74 Å². The van der Waals surface area contributed by atoms with Crippen LogP contribution in [-0.2, 0) is 14.3 Å². The summed E-state index contributed by atoms with van der Waals surface area (Å²) in [5.74, 6) is -0.662. The topological polar surface area (TPSA) is 95.9 Å². The molecule has 3 unspecified atom stereocenters. The minimum Gasteiger partial charge on any atom is -0.461 e. The summed E-state index contributed by atoms with van der Waals surface area (Å²) in [5, 5.41) is 23.5. The maximum atomic E-state index is 13.1. The van der Waals surface area contributed by atoms with Crippen LogP contribution in [0.15, 0.2) is 122 Å². The summed E-state index contributed by atoms with van der Waals surface area (Å²) in [4.78, 5) is 25.9. The fraction of sp³-hybridized carbons (Fsp3) is 0.585. The minimum absolute atomic E-state index is 0.0404. The van der Waals surface area contributed by atoms with E-state index in [1.807, 2.05) is 54.7 Å². The molecule has 0 spiro atoms. The van der Waals surface area contributed by atoms with Crippen LogP contribution < -0.4 is 5.32 Å². The highest BCUT2D eigenvalue weighted by Crippen LogP contribution is 2.15. The number of hydrogen-bond acceptors (Lipinski definition) is 5. The lowest BCUT2D eigenvalue weighted by Crippen LogP contribution is -2.46. The molecule has 0 rings (SSSR count). The number of allylic oxidation sites excluding steroid dienone is 19. The molecular formula is C53H85NO5. The van der Waals surface area contributed by atoms with E-state index in [0.717, 1.165) is 83.5 Å². The highest BCUT2D eigenvalue weighted by molar-refractivity contribution is 5.77. The standard InChI is InChI=1S/C53H85NO5/c1-4-7-10-13-16-19-22-23-24-25-26-27-28-29-31-34-37-40-43-46-53(58)59-49(44-41-38-35-32-30-20-17-14-11-8-5-2)47-52(57)54-50(48-55)51(56)45-42-39-36-33-21-18-15-12-9-6-3/h7-8,10-11,14,16-17,19-20,23-24,26-27,29-32,35,38,41,49-51,55-56H,4-6,9,12-13,15,18,21-22,25,28,33-34,36-37,39-40,42-48H2,1-3H3,(H,54,57)/b10-7-,11-8+,17-14+,19-16-,24-23-,27-26-,30-20-,31-29-,35-32-,41-38+. The molecule has 0 radical (unpaired) electrons. The molecule has 0 aromatic heterocycles. The summed E-state index contributed by atoms with van der Waals surface area (Å²) in [7, 11) is 0. The summed E-state index contributed by atoms with van der Waals surface area (Å²) in [5.41, 5.74) is 0. The molecule has 0 aliphatic heterocycles. The average Bonchev–Trinajstić information content (AvgIpc) is 3.23. The molecule has 0 aromatic carbocycles. The summed E-state index contributed by atoms with van der Waals surface area (Å²) < 4.78 is 5.80. The van der Waals surface area contributed by atoms with E-state index in [9.17, 15) is 19.8 Å². The molecule has 3 N–H and O–H groups in total. The second-order valence-corrected chi connectivity index (χ2v) is 15.2. The van der Waals surface area contributed by atoms with Crippen molar-refractivity contribution in [3.63, 3.8) is 0 Å². The molecule has 0 fully saturated rings. The molecule has 59 heavy (non-hydrogen) atoms. The van der Waals surface area contributed by atoms with E-state index in [1.165, 1.54) is 44.9 Å². The van der Waals surface area contributed by atoms with Crippen LogP contribution in [0, 0.1) is 0 Å². The van der Waals surface area contributed by atoms with E-state index in [2.05, 4.69) is 92.9 Å². The van der Waals surface area contributed by atoms with Crippen LogP contribution in [0.4, 0.5) is 0 Å². The number of rotatable bonds is 39. The maximum absolute atomic E-state index is 13.1. The normalized spacial score (nSPS) is 14.5. The van der Waals surface area contributed by atoms with Crippen LogP contribution in [0.5, 0.6) is 0 Å². The predicted molar refractivity (Wildman–Crippen MR) is 254 cm³/mol. The molecule has 0 saturated carbocycles. The third-order valence-electron chi connectivity index (χ3n) is 9.67. The predicted octanol–water partition coefficient (Wildman–Crippen LogP) is 13.7. The Balaban J connectivity index is 4.76. The van der Waals surface area contributed by atoms with E-state index < -0.39 is 18.2 Å². The zero-order valence-electron chi connectivity index (χ0n) is 37.6. The van der Waals surface area contributed by atoms with Crippen molar-refractivity contribution in [1.82, 2.24) is 5.32 Å². The van der Waals surface area contributed by atoms with Crippen molar-refractivity contribution >= 4 is 11.9 Å². The van der Waals surface area contributed by atoms with Gasteiger partial charge < -0.3 is 20.3 Å². The Hall–Kier alpha value is -3.74. The molecule has 0 aliphatic rings. The first-order chi connectivity index (χ1) is 29.0. The molecule has 0 bridgehead atoms. The highest BCUT2D eigenvalue weighted by Gasteiger charge is 2.23. The molecule has 1 amide bonds. The lowest BCUT2D eigenvalue weighted by atomic mass is 10.0. The number of carbonyl (C=O) groups is 2. The second kappa shape index (κ2) is 45.3. The number of amides is 1. The molecule has 0 heterocycles. The Labute approximate surface area is 361 Å². The first-order valence-corrected chi connectivity index (χ1v) is 23.3. The molecule has 0 saturated heterocycles. The molecular weight excluding hydrogens is 731 g/mol. The Morgan fingerprint density at radius 1 is 0.542 bits per heavy atom. The first kappa shape index (κ1) is 55.3. The fourth-order valence-electron chi connectivity index (χ4n) is 6.18. The maximum Gasteiger partial charge on any atom is 0.306 e. The van der Waals surface area contributed by atoms with Crippen LogP contribution >= 0.6 is 0 Å². The molecule has 0 aliphatic carbocycles. The lowest BCUT2D eigenvalue weighted by Gasteiger charge is -2.24. The van der Waals surface area contributed by atoms with Crippen molar-refractivity contribution in [1.29, 1.82) is 0 Å². The SMILES string of the molecule is CC/C=C\C/C=C\C/C=C\C/C=C\C/C=C\CCCCCC(=O)OC(C/C=C/C=C\C=C/C=C/C=C/CC)CC(=O)NC(CO)C(O)CCCCCCCCCCCC. The number of carbonyl (C=O) groups excluding carboxylic acids is 2. The summed E-state index contributed by atoms with van der Waals surface area (Å²) in [6.07, 6.45) is 62.8. The van der Waals surface area contributed by atoms with Crippen molar-refractivity contribution in [2.75, 3.05) is 6.61 Å². The highest BCUT2D eigenvalue weighted by atomic mass is 16.5. The van der Waals surface area contributed by atoms with E-state index in [0.29, 0.717) is 19.3 Å². The molecule has 6 nitrogen and oxygen atoms in total. The molecule has 3 atom stereocenters. The lowest BCUT2D eigenvalue weighted by molar-refractivity contribution is -0.150. The van der Waals surface area contributed by atoms with Crippen molar-refractivity contribution in [2.24, 2.45) is 0 Å². The van der Waals surface area contributed by atoms with Gasteiger partial charge in [0.05, 0.1) is 25.2 Å². The largest absolute Gasteiger partial charge is 0.461 e. The third-order valence-corrected chi connectivity index (χ3v) is 9.67. The van der Waals surface area contributed by atoms with Gasteiger partial charge in [-0.15, -0.1) is 0 Å². The van der Waals surface area contributed by atoms with Crippen LogP contribution in [-0.4, -0.2) is 46.9 Å². The second-order valence-electron chi connectivity index (χ2n) is 15.2. The van der Waals surface area contributed by atoms with Crippen LogP contribution in [0.1, 0.15) is 175 Å². The number of ether oxygens (including phenoxy) is 1. The van der Waals surface area contributed by atoms with Gasteiger partial charge in [0.2, 0.25) is 5.91 Å². The van der Waals surface area contributed by atoms with Crippen molar-refractivity contribution in [3.05, 3.63) is 122 Å². The number of esters is 1. The third kappa shape index (κ3) is 40.8. The smallest absolute Gasteiger partial charge is 0.306 e. The monoisotopic (exact) mass is 816 g/mol. The quantitative estimate of drug-likeness (QED) is 0.0249.